The highest BCUT2D eigenvalue weighted by Crippen LogP contribution is 2.21. The fourth-order valence-electron chi connectivity index (χ4n) is 1.84. The fraction of sp³-hybridized carbons (Fsp3) is 0.429. The van der Waals surface area contributed by atoms with Gasteiger partial charge in [-0.05, 0) is 25.0 Å². The maximum atomic E-state index is 11.6. The number of hydrogen-bond acceptors (Lipinski definition) is 3. The lowest BCUT2D eigenvalue weighted by Crippen LogP contribution is -2.31. The number of carbonyl (C=O) groups excluding carboxylic acids is 2. The van der Waals surface area contributed by atoms with E-state index in [9.17, 15) is 9.59 Å². The summed E-state index contributed by atoms with van der Waals surface area (Å²) in [7, 11) is 0. The van der Waals surface area contributed by atoms with Crippen molar-refractivity contribution in [2.75, 3.05) is 12.5 Å². The highest BCUT2D eigenvalue weighted by molar-refractivity contribution is 6.27. The molecule has 0 saturated carbocycles. The number of nitrogens with one attached hydrogen (secondary N) is 1. The van der Waals surface area contributed by atoms with Gasteiger partial charge in [-0.25, -0.2) is 0 Å². The van der Waals surface area contributed by atoms with E-state index in [1.807, 2.05) is 31.2 Å². The first-order chi connectivity index (χ1) is 9.08. The number of aryl methyl sites for hydroxylation is 1. The van der Waals surface area contributed by atoms with Crippen LogP contribution in [0.1, 0.15) is 30.5 Å². The Labute approximate surface area is 118 Å². The van der Waals surface area contributed by atoms with Gasteiger partial charge in [-0.1, -0.05) is 24.3 Å². The van der Waals surface area contributed by atoms with Crippen molar-refractivity contribution in [3.8, 4) is 0 Å². The predicted molar refractivity (Wildman–Crippen MR) is 74.0 cm³/mol. The molecule has 0 aromatic heterocycles. The number of hydrogen-bond donors (Lipinski definition) is 1. The summed E-state index contributed by atoms with van der Waals surface area (Å²) in [6.45, 7) is 4.00. The summed E-state index contributed by atoms with van der Waals surface area (Å²) >= 11 is 5.49. The molecule has 19 heavy (non-hydrogen) atoms. The minimum Gasteiger partial charge on any atom is -0.466 e. The zero-order chi connectivity index (χ0) is 14.3. The van der Waals surface area contributed by atoms with Gasteiger partial charge in [-0.3, -0.25) is 9.59 Å². The van der Waals surface area contributed by atoms with Crippen LogP contribution in [-0.4, -0.2) is 24.4 Å². The molecule has 1 aromatic rings. The van der Waals surface area contributed by atoms with Crippen molar-refractivity contribution in [1.29, 1.82) is 0 Å². The molecule has 0 fully saturated rings. The number of amides is 1. The molecule has 0 spiro atoms. The molecule has 1 amide bonds. The molecular formula is C14H18ClNO3. The normalized spacial score (nSPS) is 11.7. The number of halogens is 1. The van der Waals surface area contributed by atoms with Crippen molar-refractivity contribution in [1.82, 2.24) is 5.32 Å². The average Bonchev–Trinajstić information content (AvgIpc) is 2.38. The van der Waals surface area contributed by atoms with Crippen molar-refractivity contribution in [3.63, 3.8) is 0 Å². The fourth-order valence-corrected chi connectivity index (χ4v) is 1.91. The molecule has 4 nitrogen and oxygen atoms in total. The molecule has 0 heterocycles. The van der Waals surface area contributed by atoms with Gasteiger partial charge in [0.2, 0.25) is 5.91 Å². The van der Waals surface area contributed by atoms with Crippen LogP contribution >= 0.6 is 11.6 Å². The molecule has 0 aliphatic heterocycles. The van der Waals surface area contributed by atoms with E-state index in [0.717, 1.165) is 11.1 Å². The lowest BCUT2D eigenvalue weighted by molar-refractivity contribution is -0.143. The van der Waals surface area contributed by atoms with Gasteiger partial charge in [0.15, 0.2) is 0 Å². The average molecular weight is 284 g/mol. The van der Waals surface area contributed by atoms with Crippen LogP contribution in [-0.2, 0) is 14.3 Å². The summed E-state index contributed by atoms with van der Waals surface area (Å²) in [5, 5.41) is 2.74. The lowest BCUT2D eigenvalue weighted by atomic mass is 9.99. The summed E-state index contributed by atoms with van der Waals surface area (Å²) in [5.41, 5.74) is 1.90. The number of esters is 1. The van der Waals surface area contributed by atoms with Crippen molar-refractivity contribution in [2.24, 2.45) is 0 Å². The third-order valence-electron chi connectivity index (χ3n) is 2.70. The van der Waals surface area contributed by atoms with E-state index in [1.54, 1.807) is 6.92 Å². The molecule has 0 radical (unpaired) electrons. The largest absolute Gasteiger partial charge is 0.466 e. The van der Waals surface area contributed by atoms with Crippen molar-refractivity contribution in [3.05, 3.63) is 35.4 Å². The molecule has 0 saturated heterocycles. The molecule has 1 unspecified atom stereocenters. The maximum absolute atomic E-state index is 11.6. The van der Waals surface area contributed by atoms with Crippen LogP contribution in [0.5, 0.6) is 0 Å². The highest BCUT2D eigenvalue weighted by Gasteiger charge is 2.20. The number of alkyl halides is 1. The summed E-state index contributed by atoms with van der Waals surface area (Å²) in [5.74, 6) is -0.782. The zero-order valence-corrected chi connectivity index (χ0v) is 11.9. The second-order valence-electron chi connectivity index (χ2n) is 4.12. The Morgan fingerprint density at radius 3 is 2.63 bits per heavy atom. The minimum absolute atomic E-state index is 0.0985. The molecule has 5 heteroatoms. The van der Waals surface area contributed by atoms with Gasteiger partial charge in [-0.2, -0.15) is 0 Å². The van der Waals surface area contributed by atoms with E-state index < -0.39 is 6.04 Å². The number of ether oxygens (including phenoxy) is 1. The lowest BCUT2D eigenvalue weighted by Gasteiger charge is -2.19. The molecule has 0 bridgehead atoms. The first kappa shape index (κ1) is 15.5. The number of rotatable bonds is 6. The van der Waals surface area contributed by atoms with E-state index in [4.69, 9.17) is 16.3 Å². The van der Waals surface area contributed by atoms with E-state index in [2.05, 4.69) is 5.32 Å². The van der Waals surface area contributed by atoms with Crippen LogP contribution in [0, 0.1) is 6.92 Å². The minimum atomic E-state index is -0.411. The predicted octanol–water partition coefficient (Wildman–Crippen LogP) is 2.34. The molecular weight excluding hydrogens is 266 g/mol. The van der Waals surface area contributed by atoms with E-state index in [1.165, 1.54) is 0 Å². The van der Waals surface area contributed by atoms with E-state index in [-0.39, 0.29) is 24.2 Å². The van der Waals surface area contributed by atoms with Crippen molar-refractivity contribution < 1.29 is 14.3 Å². The monoisotopic (exact) mass is 283 g/mol. The van der Waals surface area contributed by atoms with Gasteiger partial charge in [-0.15, -0.1) is 11.6 Å². The Morgan fingerprint density at radius 1 is 1.37 bits per heavy atom. The maximum Gasteiger partial charge on any atom is 0.308 e. The standard InChI is InChI=1S/C14H18ClNO3/c1-3-19-14(18)8-12(16-13(17)9-15)11-7-5-4-6-10(11)2/h4-7,12H,3,8-9H2,1-2H3,(H,16,17). The Morgan fingerprint density at radius 2 is 2.05 bits per heavy atom. The van der Waals surface area contributed by atoms with E-state index >= 15 is 0 Å². The first-order valence-electron chi connectivity index (χ1n) is 6.15. The molecule has 1 aromatic carbocycles. The molecule has 104 valence electrons. The Hall–Kier alpha value is -1.55. The summed E-state index contributed by atoms with van der Waals surface area (Å²) in [6.07, 6.45) is 0.0985. The SMILES string of the molecule is CCOC(=O)CC(NC(=O)CCl)c1ccccc1C. The van der Waals surface area contributed by atoms with Crippen LogP contribution in [0.25, 0.3) is 0 Å². The van der Waals surface area contributed by atoms with Gasteiger partial charge in [0, 0.05) is 0 Å². The van der Waals surface area contributed by atoms with Gasteiger partial charge in [0.1, 0.15) is 5.88 Å². The van der Waals surface area contributed by atoms with Gasteiger partial charge < -0.3 is 10.1 Å². The quantitative estimate of drug-likeness (QED) is 0.644. The molecule has 1 atom stereocenters. The zero-order valence-electron chi connectivity index (χ0n) is 11.1. The van der Waals surface area contributed by atoms with Crippen LogP contribution in [0.15, 0.2) is 24.3 Å². The van der Waals surface area contributed by atoms with Crippen LogP contribution < -0.4 is 5.32 Å². The Bertz CT molecular complexity index is 448. The second kappa shape index (κ2) is 7.79. The van der Waals surface area contributed by atoms with Gasteiger partial charge in [0.25, 0.3) is 0 Å². The number of carbonyl (C=O) groups is 2. The van der Waals surface area contributed by atoms with Crippen LogP contribution in [0.3, 0.4) is 0 Å². The molecule has 1 N–H and O–H groups in total. The van der Waals surface area contributed by atoms with Crippen molar-refractivity contribution >= 4 is 23.5 Å². The van der Waals surface area contributed by atoms with Crippen LogP contribution in [0.2, 0.25) is 0 Å². The third-order valence-corrected chi connectivity index (χ3v) is 2.94. The number of benzene rings is 1. The van der Waals surface area contributed by atoms with Crippen molar-refractivity contribution in [2.45, 2.75) is 26.3 Å². The summed E-state index contributed by atoms with van der Waals surface area (Å²) in [4.78, 5) is 23.1. The topological polar surface area (TPSA) is 55.4 Å². The third kappa shape index (κ3) is 4.91. The second-order valence-corrected chi connectivity index (χ2v) is 4.39. The van der Waals surface area contributed by atoms with E-state index in [0.29, 0.717) is 6.61 Å². The molecule has 0 aliphatic rings. The smallest absolute Gasteiger partial charge is 0.308 e. The summed E-state index contributed by atoms with van der Waals surface area (Å²) in [6, 6.07) is 7.18. The van der Waals surface area contributed by atoms with Gasteiger partial charge >= 0.3 is 5.97 Å². The summed E-state index contributed by atoms with van der Waals surface area (Å²) < 4.78 is 4.93. The first-order valence-corrected chi connectivity index (χ1v) is 6.68. The van der Waals surface area contributed by atoms with Crippen LogP contribution in [0.4, 0.5) is 0 Å². The highest BCUT2D eigenvalue weighted by atomic mass is 35.5. The Kier molecular flexibility index (Phi) is 6.36. The molecule has 1 rings (SSSR count). The Balaban J connectivity index is 2.89. The molecule has 0 aliphatic carbocycles. The van der Waals surface area contributed by atoms with Gasteiger partial charge in [0.05, 0.1) is 19.1 Å².